The molecule has 0 radical (unpaired) electrons. The molecule has 1 unspecified atom stereocenters. The van der Waals surface area contributed by atoms with Gasteiger partial charge in [0.15, 0.2) is 0 Å². The minimum Gasteiger partial charge on any atom is -0.364 e. The van der Waals surface area contributed by atoms with Crippen molar-refractivity contribution in [3.63, 3.8) is 0 Å². The predicted molar refractivity (Wildman–Crippen MR) is 82.3 cm³/mol. The van der Waals surface area contributed by atoms with Crippen molar-refractivity contribution in [1.29, 1.82) is 0 Å². The Hall–Kier alpha value is -1.18. The van der Waals surface area contributed by atoms with E-state index in [-0.39, 0.29) is 0 Å². The summed E-state index contributed by atoms with van der Waals surface area (Å²) in [5.41, 5.74) is 3.71. The zero-order valence-corrected chi connectivity index (χ0v) is 12.2. The van der Waals surface area contributed by atoms with Crippen LogP contribution in [0.25, 0.3) is 0 Å². The summed E-state index contributed by atoms with van der Waals surface area (Å²) in [5.74, 6) is 0. The average Bonchev–Trinajstić information content (AvgIpc) is 2.70. The van der Waals surface area contributed by atoms with Crippen molar-refractivity contribution in [3.8, 4) is 0 Å². The molecule has 1 heterocycles. The Kier molecular flexibility index (Phi) is 3.42. The molecule has 3 rings (SSSR count). The van der Waals surface area contributed by atoms with E-state index in [0.29, 0.717) is 6.04 Å². The molecule has 0 saturated heterocycles. The maximum absolute atomic E-state index is 6.27. The first-order chi connectivity index (χ1) is 9.16. The normalized spacial score (nSPS) is 17.6. The summed E-state index contributed by atoms with van der Waals surface area (Å²) in [5, 5.41) is 1.48. The van der Waals surface area contributed by atoms with Crippen LogP contribution in [0.1, 0.15) is 18.1 Å². The number of benzene rings is 2. The molecule has 19 heavy (non-hydrogen) atoms. The van der Waals surface area contributed by atoms with E-state index >= 15 is 0 Å². The smallest absolute Gasteiger partial charge is 0.0470 e. The van der Waals surface area contributed by atoms with E-state index in [4.69, 9.17) is 23.2 Å². The first-order valence-corrected chi connectivity index (χ1v) is 7.20. The molecule has 1 atom stereocenters. The standard InChI is InChI=1S/C16H15Cl2N/c1-11-9-12-5-2-3-8-16(12)19(11)10-13-14(17)6-4-7-15(13)18/h2-8,11H,9-10H2,1H3. The molecule has 0 aromatic heterocycles. The lowest BCUT2D eigenvalue weighted by Crippen LogP contribution is -2.28. The van der Waals surface area contributed by atoms with Crippen LogP contribution < -0.4 is 4.90 Å². The predicted octanol–water partition coefficient (Wildman–Crippen LogP) is 4.94. The lowest BCUT2D eigenvalue weighted by Gasteiger charge is -2.26. The van der Waals surface area contributed by atoms with Crippen LogP contribution in [0.3, 0.4) is 0 Å². The van der Waals surface area contributed by atoms with Gasteiger partial charge < -0.3 is 4.90 Å². The number of anilines is 1. The summed E-state index contributed by atoms with van der Waals surface area (Å²) in [4.78, 5) is 2.38. The van der Waals surface area contributed by atoms with Gasteiger partial charge in [-0.3, -0.25) is 0 Å². The van der Waals surface area contributed by atoms with Crippen LogP contribution in [-0.2, 0) is 13.0 Å². The van der Waals surface area contributed by atoms with Crippen LogP contribution in [0.5, 0.6) is 0 Å². The van der Waals surface area contributed by atoms with Crippen molar-refractivity contribution in [2.75, 3.05) is 4.90 Å². The third-order valence-corrected chi connectivity index (χ3v) is 4.45. The minimum absolute atomic E-state index is 0.477. The second kappa shape index (κ2) is 5.07. The molecule has 0 saturated carbocycles. The molecule has 2 aromatic rings. The van der Waals surface area contributed by atoms with Gasteiger partial charge in [-0.1, -0.05) is 47.5 Å². The fraction of sp³-hybridized carbons (Fsp3) is 0.250. The molecule has 0 N–H and O–H groups in total. The van der Waals surface area contributed by atoms with Gasteiger partial charge in [0, 0.05) is 33.9 Å². The summed E-state index contributed by atoms with van der Waals surface area (Å²) in [6.07, 6.45) is 1.08. The topological polar surface area (TPSA) is 3.24 Å². The van der Waals surface area contributed by atoms with Gasteiger partial charge >= 0.3 is 0 Å². The van der Waals surface area contributed by atoms with Crippen molar-refractivity contribution >= 4 is 28.9 Å². The molecule has 0 aliphatic carbocycles. The molecule has 0 amide bonds. The van der Waals surface area contributed by atoms with Crippen LogP contribution in [0.2, 0.25) is 10.0 Å². The molecule has 0 spiro atoms. The second-order valence-corrected chi connectivity index (χ2v) is 5.82. The Labute approximate surface area is 123 Å². The van der Waals surface area contributed by atoms with Crippen LogP contribution in [0.4, 0.5) is 5.69 Å². The number of hydrogen-bond acceptors (Lipinski definition) is 1. The molecule has 3 heteroatoms. The molecule has 1 aliphatic heterocycles. The molecule has 98 valence electrons. The summed E-state index contributed by atoms with van der Waals surface area (Å²) in [7, 11) is 0. The van der Waals surface area contributed by atoms with Crippen molar-refractivity contribution in [2.45, 2.75) is 25.9 Å². The maximum atomic E-state index is 6.27. The summed E-state index contributed by atoms with van der Waals surface area (Å²) in [6, 6.07) is 14.7. The molecule has 0 fully saturated rings. The number of nitrogens with zero attached hydrogens (tertiary/aromatic N) is 1. The maximum Gasteiger partial charge on any atom is 0.0470 e. The number of para-hydroxylation sites is 1. The van der Waals surface area contributed by atoms with E-state index in [1.54, 1.807) is 0 Å². The third kappa shape index (κ3) is 2.33. The Morgan fingerprint density at radius 3 is 2.47 bits per heavy atom. The van der Waals surface area contributed by atoms with Crippen LogP contribution in [0, 0.1) is 0 Å². The highest BCUT2D eigenvalue weighted by molar-refractivity contribution is 6.36. The fourth-order valence-electron chi connectivity index (χ4n) is 2.72. The second-order valence-electron chi connectivity index (χ2n) is 5.01. The van der Waals surface area contributed by atoms with Gasteiger partial charge in [0.2, 0.25) is 0 Å². The molecule has 2 aromatic carbocycles. The largest absolute Gasteiger partial charge is 0.364 e. The van der Waals surface area contributed by atoms with Crippen molar-refractivity contribution in [1.82, 2.24) is 0 Å². The summed E-state index contributed by atoms with van der Waals surface area (Å²) >= 11 is 12.5. The fourth-order valence-corrected chi connectivity index (χ4v) is 3.24. The van der Waals surface area contributed by atoms with Gasteiger partial charge in [-0.25, -0.2) is 0 Å². The van der Waals surface area contributed by atoms with Gasteiger partial charge in [-0.05, 0) is 37.1 Å². The zero-order chi connectivity index (χ0) is 13.4. The Bertz CT molecular complexity index is 589. The van der Waals surface area contributed by atoms with Crippen molar-refractivity contribution in [3.05, 3.63) is 63.6 Å². The first kappa shape index (κ1) is 12.8. The van der Waals surface area contributed by atoms with Crippen LogP contribution in [0.15, 0.2) is 42.5 Å². The Morgan fingerprint density at radius 1 is 1.05 bits per heavy atom. The summed E-state index contributed by atoms with van der Waals surface area (Å²) < 4.78 is 0. The quantitative estimate of drug-likeness (QED) is 0.757. The zero-order valence-electron chi connectivity index (χ0n) is 10.7. The minimum atomic E-state index is 0.477. The van der Waals surface area contributed by atoms with Crippen molar-refractivity contribution < 1.29 is 0 Å². The summed E-state index contributed by atoms with van der Waals surface area (Å²) in [6.45, 7) is 3.00. The van der Waals surface area contributed by atoms with Gasteiger partial charge in [0.25, 0.3) is 0 Å². The number of fused-ring (bicyclic) bond motifs is 1. The van der Waals surface area contributed by atoms with Gasteiger partial charge in [0.1, 0.15) is 0 Å². The SMILES string of the molecule is CC1Cc2ccccc2N1Cc1c(Cl)cccc1Cl. The molecule has 1 aliphatic rings. The van der Waals surface area contributed by atoms with Crippen molar-refractivity contribution in [2.24, 2.45) is 0 Å². The Morgan fingerprint density at radius 2 is 1.74 bits per heavy atom. The first-order valence-electron chi connectivity index (χ1n) is 6.44. The molecule has 1 nitrogen and oxygen atoms in total. The highest BCUT2D eigenvalue weighted by atomic mass is 35.5. The molecule has 0 bridgehead atoms. The highest BCUT2D eigenvalue weighted by Crippen LogP contribution is 2.35. The number of hydrogen-bond donors (Lipinski definition) is 0. The van der Waals surface area contributed by atoms with Gasteiger partial charge in [-0.15, -0.1) is 0 Å². The lowest BCUT2D eigenvalue weighted by atomic mass is 10.1. The van der Waals surface area contributed by atoms with E-state index in [0.717, 1.165) is 28.6 Å². The lowest BCUT2D eigenvalue weighted by molar-refractivity contribution is 0.672. The molecular formula is C16H15Cl2N. The average molecular weight is 292 g/mol. The van der Waals surface area contributed by atoms with Crippen LogP contribution in [-0.4, -0.2) is 6.04 Å². The van der Waals surface area contributed by atoms with Gasteiger partial charge in [-0.2, -0.15) is 0 Å². The highest BCUT2D eigenvalue weighted by Gasteiger charge is 2.26. The van der Waals surface area contributed by atoms with Crippen LogP contribution >= 0.6 is 23.2 Å². The number of rotatable bonds is 2. The third-order valence-electron chi connectivity index (χ3n) is 3.74. The van der Waals surface area contributed by atoms with E-state index in [1.807, 2.05) is 18.2 Å². The van der Waals surface area contributed by atoms with E-state index in [2.05, 4.69) is 36.1 Å². The van der Waals surface area contributed by atoms with E-state index in [1.165, 1.54) is 11.3 Å². The monoisotopic (exact) mass is 291 g/mol. The molecular weight excluding hydrogens is 277 g/mol. The van der Waals surface area contributed by atoms with E-state index in [9.17, 15) is 0 Å². The number of halogens is 2. The van der Waals surface area contributed by atoms with Gasteiger partial charge in [0.05, 0.1) is 0 Å². The van der Waals surface area contributed by atoms with E-state index < -0.39 is 0 Å². The Balaban J connectivity index is 1.96.